The van der Waals surface area contributed by atoms with Crippen molar-refractivity contribution in [2.45, 2.75) is 26.8 Å². The lowest BCUT2D eigenvalue weighted by Crippen LogP contribution is -2.29. The summed E-state index contributed by atoms with van der Waals surface area (Å²) in [4.78, 5) is 33.3. The number of ether oxygens (including phenoxy) is 3. The fourth-order valence-electron chi connectivity index (χ4n) is 4.86. The maximum Gasteiger partial charge on any atom is 0.301 e. The van der Waals surface area contributed by atoms with E-state index >= 15 is 0 Å². The van der Waals surface area contributed by atoms with Crippen LogP contribution in [0.5, 0.6) is 17.2 Å². The summed E-state index contributed by atoms with van der Waals surface area (Å²) >= 11 is 1.33. The summed E-state index contributed by atoms with van der Waals surface area (Å²) in [7, 11) is 3.04. The minimum Gasteiger partial charge on any atom is -0.507 e. The molecule has 1 aliphatic heterocycles. The Balaban J connectivity index is 1.72. The number of methoxy groups -OCH3 is 2. The Hall–Kier alpha value is -4.37. The van der Waals surface area contributed by atoms with Crippen LogP contribution in [0.2, 0.25) is 0 Å². The summed E-state index contributed by atoms with van der Waals surface area (Å²) in [6.07, 6.45) is 0. The number of fused-ring (bicyclic) bond motifs is 1. The Morgan fingerprint density at radius 3 is 2.38 bits per heavy atom. The summed E-state index contributed by atoms with van der Waals surface area (Å²) in [5.74, 6) is -0.296. The van der Waals surface area contributed by atoms with Crippen molar-refractivity contribution in [3.63, 3.8) is 0 Å². The summed E-state index contributed by atoms with van der Waals surface area (Å²) in [5, 5.41) is 11.8. The van der Waals surface area contributed by atoms with Crippen LogP contribution in [0.25, 0.3) is 16.0 Å². The summed E-state index contributed by atoms with van der Waals surface area (Å²) in [6.45, 7) is 6.34. The number of aliphatic hydroxyl groups excluding tert-OH is 1. The van der Waals surface area contributed by atoms with E-state index in [1.807, 2.05) is 32.9 Å². The Labute approximate surface area is 230 Å². The lowest BCUT2D eigenvalue weighted by Gasteiger charge is -2.23. The van der Waals surface area contributed by atoms with E-state index in [0.717, 1.165) is 21.3 Å². The van der Waals surface area contributed by atoms with Gasteiger partial charge in [-0.2, -0.15) is 0 Å². The molecule has 4 aromatic rings. The van der Waals surface area contributed by atoms with Crippen LogP contribution in [0.3, 0.4) is 0 Å². The number of carbonyl (C=O) groups is 2. The fourth-order valence-corrected chi connectivity index (χ4v) is 6.03. The van der Waals surface area contributed by atoms with E-state index in [4.69, 9.17) is 19.2 Å². The van der Waals surface area contributed by atoms with E-state index in [-0.39, 0.29) is 11.3 Å². The molecule has 2 heterocycles. The summed E-state index contributed by atoms with van der Waals surface area (Å²) < 4.78 is 17.3. The lowest BCUT2D eigenvalue weighted by atomic mass is 9.95. The number of amides is 1. The Morgan fingerprint density at radius 1 is 1.00 bits per heavy atom. The third kappa shape index (κ3) is 4.59. The molecule has 9 heteroatoms. The van der Waals surface area contributed by atoms with E-state index in [9.17, 15) is 14.7 Å². The lowest BCUT2D eigenvalue weighted by molar-refractivity contribution is -0.132. The highest BCUT2D eigenvalue weighted by atomic mass is 32.1. The summed E-state index contributed by atoms with van der Waals surface area (Å²) in [5.41, 5.74) is 3.72. The molecule has 1 fully saturated rings. The maximum absolute atomic E-state index is 13.6. The molecule has 0 bridgehead atoms. The van der Waals surface area contributed by atoms with E-state index in [1.54, 1.807) is 42.5 Å². The van der Waals surface area contributed by atoms with Crippen LogP contribution in [-0.2, 0) is 9.59 Å². The summed E-state index contributed by atoms with van der Waals surface area (Å²) in [6, 6.07) is 15.0. The van der Waals surface area contributed by atoms with Crippen molar-refractivity contribution in [2.24, 2.45) is 0 Å². The number of aliphatic hydroxyl groups is 1. The number of anilines is 1. The number of hydrogen-bond donors (Lipinski definition) is 1. The third-order valence-corrected chi connectivity index (χ3v) is 7.63. The molecule has 8 nitrogen and oxygen atoms in total. The first-order valence-electron chi connectivity index (χ1n) is 12.4. The van der Waals surface area contributed by atoms with Gasteiger partial charge in [0.05, 0.1) is 42.7 Å². The average Bonchev–Trinajstić information content (AvgIpc) is 3.47. The molecule has 200 valence electrons. The maximum atomic E-state index is 13.6. The minimum atomic E-state index is -0.946. The number of nitrogens with zero attached hydrogens (tertiary/aromatic N) is 2. The van der Waals surface area contributed by atoms with Crippen molar-refractivity contribution < 1.29 is 28.9 Å². The zero-order chi connectivity index (χ0) is 27.8. The largest absolute Gasteiger partial charge is 0.507 e. The van der Waals surface area contributed by atoms with Gasteiger partial charge in [0.2, 0.25) is 0 Å². The van der Waals surface area contributed by atoms with Gasteiger partial charge in [0.25, 0.3) is 5.78 Å². The third-order valence-electron chi connectivity index (χ3n) is 6.63. The smallest absolute Gasteiger partial charge is 0.301 e. The van der Waals surface area contributed by atoms with Crippen LogP contribution in [0, 0.1) is 13.8 Å². The van der Waals surface area contributed by atoms with Gasteiger partial charge in [-0.3, -0.25) is 14.5 Å². The molecule has 0 unspecified atom stereocenters. The number of benzene rings is 3. The standard InChI is InChI=1S/C30H28N2O6S/c1-6-38-20-10-7-18(8-11-20)27(33)24-26(19-9-12-21(36-4)22(15-19)37-5)32(29(35)28(24)34)30-31-25-17(3)13-16(2)14-23(25)39-30/h7-15,26,33H,6H2,1-5H3/b27-24+/t26-/m1/s1. The second kappa shape index (κ2) is 10.4. The molecule has 5 rings (SSSR count). The van der Waals surface area contributed by atoms with Gasteiger partial charge in [-0.25, -0.2) is 4.98 Å². The van der Waals surface area contributed by atoms with Crippen molar-refractivity contribution in [1.82, 2.24) is 4.98 Å². The fraction of sp³-hybridized carbons (Fsp3) is 0.233. The monoisotopic (exact) mass is 544 g/mol. The number of hydrogen-bond acceptors (Lipinski definition) is 8. The van der Waals surface area contributed by atoms with Gasteiger partial charge in [-0.1, -0.05) is 23.5 Å². The predicted molar refractivity (Wildman–Crippen MR) is 151 cm³/mol. The average molecular weight is 545 g/mol. The van der Waals surface area contributed by atoms with Crippen molar-refractivity contribution >= 4 is 44.1 Å². The SMILES string of the molecule is CCOc1ccc(/C(O)=C2\C(=O)C(=O)N(c3nc4c(C)cc(C)cc4s3)[C@@H]2c2ccc(OC)c(OC)c2)cc1. The first-order chi connectivity index (χ1) is 18.8. The van der Waals surface area contributed by atoms with E-state index in [2.05, 4.69) is 0 Å². The molecule has 0 aliphatic carbocycles. The zero-order valence-corrected chi connectivity index (χ0v) is 23.1. The number of Topliss-reactive ketones (excluding diaryl/α,β-unsaturated/α-hetero) is 1. The van der Waals surface area contributed by atoms with Crippen molar-refractivity contribution in [2.75, 3.05) is 25.7 Å². The molecule has 0 spiro atoms. The molecule has 1 saturated heterocycles. The highest BCUT2D eigenvalue weighted by Gasteiger charge is 2.48. The zero-order valence-electron chi connectivity index (χ0n) is 22.3. The molecule has 3 aromatic carbocycles. The van der Waals surface area contributed by atoms with Crippen LogP contribution < -0.4 is 19.1 Å². The van der Waals surface area contributed by atoms with Gasteiger partial charge in [-0.15, -0.1) is 0 Å². The van der Waals surface area contributed by atoms with Crippen molar-refractivity contribution in [3.05, 3.63) is 82.4 Å². The van der Waals surface area contributed by atoms with Gasteiger partial charge < -0.3 is 19.3 Å². The number of carbonyl (C=O) groups excluding carboxylic acids is 2. The number of ketones is 1. The molecule has 1 aromatic heterocycles. The van der Waals surface area contributed by atoms with Crippen molar-refractivity contribution in [1.29, 1.82) is 0 Å². The molecular weight excluding hydrogens is 516 g/mol. The van der Waals surface area contributed by atoms with Gasteiger partial charge in [0, 0.05) is 5.56 Å². The Kier molecular flexibility index (Phi) is 7.01. The van der Waals surface area contributed by atoms with Gasteiger partial charge in [-0.05, 0) is 79.9 Å². The highest BCUT2D eigenvalue weighted by molar-refractivity contribution is 7.22. The normalized spacial score (nSPS) is 16.6. The van der Waals surface area contributed by atoms with Crippen LogP contribution in [0.4, 0.5) is 5.13 Å². The first-order valence-corrected chi connectivity index (χ1v) is 13.2. The van der Waals surface area contributed by atoms with Crippen LogP contribution in [0.15, 0.2) is 60.2 Å². The molecule has 1 amide bonds. The number of thiazole rings is 1. The minimum absolute atomic E-state index is 0.0384. The topological polar surface area (TPSA) is 98.2 Å². The number of aromatic nitrogens is 1. The van der Waals surface area contributed by atoms with E-state index < -0.39 is 17.7 Å². The highest BCUT2D eigenvalue weighted by Crippen LogP contribution is 2.46. The quantitative estimate of drug-likeness (QED) is 0.174. The van der Waals surface area contributed by atoms with Gasteiger partial charge in [0.15, 0.2) is 16.6 Å². The van der Waals surface area contributed by atoms with Crippen LogP contribution >= 0.6 is 11.3 Å². The number of rotatable bonds is 7. The molecule has 39 heavy (non-hydrogen) atoms. The second-order valence-corrected chi connectivity index (χ2v) is 10.2. The molecule has 0 radical (unpaired) electrons. The van der Waals surface area contributed by atoms with Crippen LogP contribution in [-0.4, -0.2) is 42.6 Å². The molecular formula is C30H28N2O6S. The molecule has 1 aliphatic rings. The van der Waals surface area contributed by atoms with Crippen molar-refractivity contribution in [3.8, 4) is 17.2 Å². The second-order valence-electron chi connectivity index (χ2n) is 9.17. The van der Waals surface area contributed by atoms with E-state index in [0.29, 0.717) is 40.1 Å². The van der Waals surface area contributed by atoms with Crippen LogP contribution in [0.1, 0.15) is 35.2 Å². The van der Waals surface area contributed by atoms with Gasteiger partial charge >= 0.3 is 5.91 Å². The Morgan fingerprint density at radius 2 is 1.72 bits per heavy atom. The molecule has 1 atom stereocenters. The predicted octanol–water partition coefficient (Wildman–Crippen LogP) is 5.96. The number of aryl methyl sites for hydroxylation is 2. The Bertz CT molecular complexity index is 1620. The van der Waals surface area contributed by atoms with Gasteiger partial charge in [0.1, 0.15) is 11.5 Å². The molecule has 0 saturated carbocycles. The van der Waals surface area contributed by atoms with E-state index in [1.165, 1.54) is 30.5 Å². The molecule has 1 N–H and O–H groups in total. The first kappa shape index (κ1) is 26.2.